The average molecular weight is 371 g/mol. The van der Waals surface area contributed by atoms with Crippen molar-refractivity contribution in [2.24, 2.45) is 0 Å². The highest BCUT2D eigenvalue weighted by Gasteiger charge is 2.40. The van der Waals surface area contributed by atoms with Gasteiger partial charge in [-0.1, -0.05) is 60.1 Å². The zero-order valence-electron chi connectivity index (χ0n) is 14.4. The van der Waals surface area contributed by atoms with Gasteiger partial charge in [-0.05, 0) is 17.2 Å². The van der Waals surface area contributed by atoms with Gasteiger partial charge in [-0.25, -0.2) is 0 Å². The first-order valence-electron chi connectivity index (χ1n) is 8.26. The van der Waals surface area contributed by atoms with E-state index in [9.17, 15) is 14.7 Å². The second kappa shape index (κ2) is 7.72. The van der Waals surface area contributed by atoms with Gasteiger partial charge in [-0.3, -0.25) is 14.5 Å². The van der Waals surface area contributed by atoms with Crippen molar-refractivity contribution in [2.75, 3.05) is 20.2 Å². The van der Waals surface area contributed by atoms with Crippen LogP contribution in [0, 0.1) is 0 Å². The predicted molar refractivity (Wildman–Crippen MR) is 100 cm³/mol. The standard InChI is InChI=1S/C20H19ClN2O3/c1-22(11-12-24)18-17(14-7-3-2-4-8-14)19(25)23(20(18)26)13-15-9-5-6-10-16(15)21/h2-10,24H,11-13H2,1H3. The quantitative estimate of drug-likeness (QED) is 0.794. The lowest BCUT2D eigenvalue weighted by molar-refractivity contribution is -0.138. The molecule has 6 heteroatoms. The fraction of sp³-hybridized carbons (Fsp3) is 0.200. The van der Waals surface area contributed by atoms with Crippen molar-refractivity contribution in [1.29, 1.82) is 0 Å². The van der Waals surface area contributed by atoms with Gasteiger partial charge in [0.25, 0.3) is 11.8 Å². The zero-order chi connectivity index (χ0) is 18.7. The Morgan fingerprint density at radius 2 is 1.65 bits per heavy atom. The van der Waals surface area contributed by atoms with Crippen molar-refractivity contribution in [3.63, 3.8) is 0 Å². The molecule has 0 atom stereocenters. The predicted octanol–water partition coefficient (Wildman–Crippen LogP) is 2.54. The van der Waals surface area contributed by atoms with E-state index < -0.39 is 0 Å². The molecule has 3 rings (SSSR count). The number of amides is 2. The van der Waals surface area contributed by atoms with Crippen LogP contribution in [0.3, 0.4) is 0 Å². The Balaban J connectivity index is 2.02. The van der Waals surface area contributed by atoms with Gasteiger partial charge in [0, 0.05) is 18.6 Å². The van der Waals surface area contributed by atoms with Crippen molar-refractivity contribution in [2.45, 2.75) is 6.54 Å². The molecule has 0 radical (unpaired) electrons. The number of aliphatic hydroxyl groups is 1. The number of hydrogen-bond acceptors (Lipinski definition) is 4. The summed E-state index contributed by atoms with van der Waals surface area (Å²) in [5.74, 6) is -0.745. The van der Waals surface area contributed by atoms with Gasteiger partial charge in [-0.15, -0.1) is 0 Å². The van der Waals surface area contributed by atoms with Crippen molar-refractivity contribution in [3.05, 3.63) is 76.4 Å². The lowest BCUT2D eigenvalue weighted by atomic mass is 10.0. The molecule has 2 aromatic rings. The van der Waals surface area contributed by atoms with Crippen molar-refractivity contribution in [3.8, 4) is 0 Å². The third-order valence-electron chi connectivity index (χ3n) is 4.31. The van der Waals surface area contributed by atoms with Gasteiger partial charge in [0.1, 0.15) is 5.70 Å². The van der Waals surface area contributed by atoms with Crippen LogP contribution in [0.1, 0.15) is 11.1 Å². The molecule has 1 heterocycles. The number of likely N-dealkylation sites (N-methyl/N-ethyl adjacent to an activating group) is 1. The highest BCUT2D eigenvalue weighted by molar-refractivity contribution is 6.35. The molecule has 134 valence electrons. The van der Waals surface area contributed by atoms with Crippen molar-refractivity contribution in [1.82, 2.24) is 9.80 Å². The summed E-state index contributed by atoms with van der Waals surface area (Å²) >= 11 is 6.19. The second-order valence-electron chi connectivity index (χ2n) is 6.02. The van der Waals surface area contributed by atoms with Crippen molar-refractivity contribution >= 4 is 29.0 Å². The SMILES string of the molecule is CN(CCO)C1=C(c2ccccc2)C(=O)N(Cc2ccccc2Cl)C1=O. The Bertz CT molecular complexity index is 864. The molecule has 1 aliphatic rings. The first kappa shape index (κ1) is 18.2. The van der Waals surface area contributed by atoms with E-state index in [1.807, 2.05) is 24.3 Å². The van der Waals surface area contributed by atoms with Crippen LogP contribution in [0.4, 0.5) is 0 Å². The van der Waals surface area contributed by atoms with E-state index in [0.29, 0.717) is 27.4 Å². The molecular formula is C20H19ClN2O3. The van der Waals surface area contributed by atoms with Crippen LogP contribution >= 0.6 is 11.6 Å². The van der Waals surface area contributed by atoms with Gasteiger partial charge in [-0.2, -0.15) is 0 Å². The molecule has 0 bridgehead atoms. The molecule has 5 nitrogen and oxygen atoms in total. The number of nitrogens with zero attached hydrogens (tertiary/aromatic N) is 2. The highest BCUT2D eigenvalue weighted by Crippen LogP contribution is 2.32. The number of hydrogen-bond donors (Lipinski definition) is 1. The number of benzene rings is 2. The van der Waals surface area contributed by atoms with Gasteiger partial charge in [0.05, 0.1) is 18.7 Å². The lowest BCUT2D eigenvalue weighted by Crippen LogP contribution is -2.34. The van der Waals surface area contributed by atoms with Crippen LogP contribution in [0.5, 0.6) is 0 Å². The summed E-state index contributed by atoms with van der Waals surface area (Å²) in [5, 5.41) is 9.76. The number of carbonyl (C=O) groups excluding carboxylic acids is 2. The van der Waals surface area contributed by atoms with E-state index in [4.69, 9.17) is 11.6 Å². The number of imide groups is 1. The Labute approximate surface area is 157 Å². The molecule has 0 fully saturated rings. The molecule has 0 aliphatic carbocycles. The molecule has 2 amide bonds. The fourth-order valence-electron chi connectivity index (χ4n) is 2.98. The maximum absolute atomic E-state index is 13.1. The van der Waals surface area contributed by atoms with Crippen LogP contribution in [0.2, 0.25) is 5.02 Å². The monoisotopic (exact) mass is 370 g/mol. The summed E-state index contributed by atoms with van der Waals surface area (Å²) in [6, 6.07) is 16.2. The summed E-state index contributed by atoms with van der Waals surface area (Å²) in [6.07, 6.45) is 0. The summed E-state index contributed by atoms with van der Waals surface area (Å²) in [7, 11) is 1.69. The van der Waals surface area contributed by atoms with E-state index in [1.54, 1.807) is 42.3 Å². The van der Waals surface area contributed by atoms with E-state index in [2.05, 4.69) is 0 Å². The van der Waals surface area contributed by atoms with Crippen LogP contribution in [0.25, 0.3) is 5.57 Å². The minimum atomic E-state index is -0.385. The number of halogens is 1. The van der Waals surface area contributed by atoms with E-state index >= 15 is 0 Å². The molecule has 0 spiro atoms. The smallest absolute Gasteiger partial charge is 0.278 e. The van der Waals surface area contributed by atoms with Crippen LogP contribution in [0.15, 0.2) is 60.3 Å². The Kier molecular flexibility index (Phi) is 5.40. The summed E-state index contributed by atoms with van der Waals surface area (Å²) in [5.41, 5.74) is 2.02. The van der Waals surface area contributed by atoms with Gasteiger partial charge >= 0.3 is 0 Å². The first-order chi connectivity index (χ1) is 12.5. The Morgan fingerprint density at radius 3 is 2.31 bits per heavy atom. The number of rotatable bonds is 6. The van der Waals surface area contributed by atoms with E-state index in [1.165, 1.54) is 4.90 Å². The van der Waals surface area contributed by atoms with Crippen molar-refractivity contribution < 1.29 is 14.7 Å². The molecule has 1 N–H and O–H groups in total. The molecule has 2 aromatic carbocycles. The summed E-state index contributed by atoms with van der Waals surface area (Å²) < 4.78 is 0. The molecule has 1 aliphatic heterocycles. The van der Waals surface area contributed by atoms with E-state index in [-0.39, 0.29) is 31.5 Å². The largest absolute Gasteiger partial charge is 0.395 e. The Hall–Kier alpha value is -2.63. The van der Waals surface area contributed by atoms with Gasteiger partial charge in [0.2, 0.25) is 0 Å². The van der Waals surface area contributed by atoms with Gasteiger partial charge < -0.3 is 10.0 Å². The van der Waals surface area contributed by atoms with Crippen LogP contribution in [-0.4, -0.2) is 46.9 Å². The fourth-order valence-corrected chi connectivity index (χ4v) is 3.18. The highest BCUT2D eigenvalue weighted by atomic mass is 35.5. The molecule has 0 saturated heterocycles. The molecule has 0 saturated carbocycles. The maximum Gasteiger partial charge on any atom is 0.278 e. The van der Waals surface area contributed by atoms with E-state index in [0.717, 1.165) is 0 Å². The number of aliphatic hydroxyl groups excluding tert-OH is 1. The minimum absolute atomic E-state index is 0.101. The van der Waals surface area contributed by atoms with Crippen LogP contribution in [-0.2, 0) is 16.1 Å². The zero-order valence-corrected chi connectivity index (χ0v) is 15.1. The molecular weight excluding hydrogens is 352 g/mol. The normalized spacial score (nSPS) is 14.3. The minimum Gasteiger partial charge on any atom is -0.395 e. The lowest BCUT2D eigenvalue weighted by Gasteiger charge is -2.20. The first-order valence-corrected chi connectivity index (χ1v) is 8.63. The molecule has 0 aromatic heterocycles. The number of carbonyl (C=O) groups is 2. The van der Waals surface area contributed by atoms with Crippen LogP contribution < -0.4 is 0 Å². The third-order valence-corrected chi connectivity index (χ3v) is 4.68. The average Bonchev–Trinajstić information content (AvgIpc) is 2.89. The molecule has 26 heavy (non-hydrogen) atoms. The summed E-state index contributed by atoms with van der Waals surface area (Å²) in [4.78, 5) is 28.9. The second-order valence-corrected chi connectivity index (χ2v) is 6.43. The third kappa shape index (κ3) is 3.36. The molecule has 0 unspecified atom stereocenters. The topological polar surface area (TPSA) is 60.9 Å². The maximum atomic E-state index is 13.1. The summed E-state index contributed by atoms with van der Waals surface area (Å²) in [6.45, 7) is 0.239. The van der Waals surface area contributed by atoms with Gasteiger partial charge in [0.15, 0.2) is 0 Å². The Morgan fingerprint density at radius 1 is 1.00 bits per heavy atom.